The van der Waals surface area contributed by atoms with Crippen LogP contribution in [0.4, 0.5) is 19.1 Å². The molecule has 0 saturated carbocycles. The third-order valence-corrected chi connectivity index (χ3v) is 3.42. The molecule has 0 aliphatic carbocycles. The van der Waals surface area contributed by atoms with Crippen LogP contribution in [0.2, 0.25) is 0 Å². The Bertz CT molecular complexity index is 543. The number of carbonyl (C=O) groups excluding carboxylic acids is 1. The monoisotopic (exact) mass is 318 g/mol. The van der Waals surface area contributed by atoms with Crippen molar-refractivity contribution in [3.8, 4) is 0 Å². The maximum atomic E-state index is 12.4. The molecule has 2 heterocycles. The van der Waals surface area contributed by atoms with Crippen LogP contribution in [-0.2, 0) is 4.79 Å². The van der Waals surface area contributed by atoms with Gasteiger partial charge < -0.3 is 9.80 Å². The number of nitrogens with zero attached hydrogens (tertiary/aromatic N) is 6. The zero-order valence-corrected chi connectivity index (χ0v) is 12.1. The van der Waals surface area contributed by atoms with Gasteiger partial charge in [0, 0.05) is 20.1 Å². The lowest BCUT2D eigenvalue weighted by atomic mass is 10.2. The summed E-state index contributed by atoms with van der Waals surface area (Å²) in [5.41, 5.74) is 0. The van der Waals surface area contributed by atoms with E-state index in [2.05, 4.69) is 22.1 Å². The van der Waals surface area contributed by atoms with Crippen LogP contribution in [0.1, 0.15) is 18.9 Å². The molecule has 122 valence electrons. The van der Waals surface area contributed by atoms with Crippen molar-refractivity contribution in [2.24, 2.45) is 0 Å². The molecule has 0 aromatic carbocycles. The number of halogens is 3. The second-order valence-electron chi connectivity index (χ2n) is 5.10. The minimum atomic E-state index is -4.41. The lowest BCUT2D eigenvalue weighted by Crippen LogP contribution is -2.37. The third-order valence-electron chi connectivity index (χ3n) is 3.42. The van der Waals surface area contributed by atoms with E-state index in [1.165, 1.54) is 4.68 Å². The quantitative estimate of drug-likeness (QED) is 0.733. The van der Waals surface area contributed by atoms with Gasteiger partial charge >= 0.3 is 6.18 Å². The summed E-state index contributed by atoms with van der Waals surface area (Å²) in [6.07, 6.45) is -1.73. The second kappa shape index (κ2) is 6.32. The fourth-order valence-electron chi connectivity index (χ4n) is 2.35. The normalized spacial score (nSPS) is 18.8. The van der Waals surface area contributed by atoms with E-state index in [1.807, 2.05) is 0 Å². The third kappa shape index (κ3) is 3.55. The summed E-state index contributed by atoms with van der Waals surface area (Å²) in [5.74, 6) is -0.253. The van der Waals surface area contributed by atoms with Crippen LogP contribution < -0.4 is 4.90 Å². The van der Waals surface area contributed by atoms with E-state index in [4.69, 9.17) is 0 Å². The predicted molar refractivity (Wildman–Crippen MR) is 72.2 cm³/mol. The first kappa shape index (κ1) is 16.2. The van der Waals surface area contributed by atoms with Crippen LogP contribution in [0, 0.1) is 0 Å². The van der Waals surface area contributed by atoms with Gasteiger partial charge in [-0.2, -0.15) is 17.9 Å². The largest absolute Gasteiger partial charge is 0.406 e. The number of amides is 1. The number of rotatable bonds is 6. The summed E-state index contributed by atoms with van der Waals surface area (Å²) in [6.45, 7) is 3.01. The first-order chi connectivity index (χ1) is 10.3. The molecule has 7 nitrogen and oxygen atoms in total. The molecule has 1 saturated heterocycles. The van der Waals surface area contributed by atoms with Crippen molar-refractivity contribution >= 4 is 11.9 Å². The average molecular weight is 318 g/mol. The predicted octanol–water partition coefficient (Wildman–Crippen LogP) is 1.02. The summed E-state index contributed by atoms with van der Waals surface area (Å²) in [4.78, 5) is 14.7. The van der Waals surface area contributed by atoms with E-state index in [9.17, 15) is 18.0 Å². The number of hydrogen-bond acceptors (Lipinski definition) is 5. The Morgan fingerprint density at radius 3 is 2.86 bits per heavy atom. The van der Waals surface area contributed by atoms with Crippen molar-refractivity contribution in [3.63, 3.8) is 0 Å². The van der Waals surface area contributed by atoms with E-state index >= 15 is 0 Å². The number of likely N-dealkylation sites (tertiary alicyclic amines) is 1. The van der Waals surface area contributed by atoms with E-state index in [1.54, 1.807) is 18.0 Å². The van der Waals surface area contributed by atoms with Gasteiger partial charge in [-0.3, -0.25) is 4.79 Å². The molecule has 1 atom stereocenters. The Morgan fingerprint density at radius 1 is 1.50 bits per heavy atom. The van der Waals surface area contributed by atoms with Crippen LogP contribution in [0.15, 0.2) is 12.7 Å². The van der Waals surface area contributed by atoms with Gasteiger partial charge in [0.25, 0.3) is 0 Å². The number of tetrazole rings is 1. The van der Waals surface area contributed by atoms with Crippen molar-refractivity contribution in [2.45, 2.75) is 25.1 Å². The summed E-state index contributed by atoms with van der Waals surface area (Å²) >= 11 is 0. The van der Waals surface area contributed by atoms with Gasteiger partial charge in [-0.25, -0.2) is 0 Å². The fourth-order valence-corrected chi connectivity index (χ4v) is 2.35. The summed E-state index contributed by atoms with van der Waals surface area (Å²) in [5, 5.41) is 11.1. The van der Waals surface area contributed by atoms with Crippen molar-refractivity contribution in [2.75, 3.05) is 31.6 Å². The Hall–Kier alpha value is -2.13. The van der Waals surface area contributed by atoms with Crippen molar-refractivity contribution in [1.82, 2.24) is 25.1 Å². The zero-order valence-electron chi connectivity index (χ0n) is 12.1. The number of carbonyl (C=O) groups is 1. The Kier molecular flexibility index (Phi) is 4.67. The molecule has 1 aliphatic rings. The maximum absolute atomic E-state index is 12.4. The van der Waals surface area contributed by atoms with Crippen molar-refractivity contribution in [3.05, 3.63) is 12.7 Å². The van der Waals surface area contributed by atoms with E-state index < -0.39 is 24.7 Å². The van der Waals surface area contributed by atoms with Crippen LogP contribution in [0.25, 0.3) is 0 Å². The molecule has 1 aromatic heterocycles. The molecular weight excluding hydrogens is 301 g/mol. The van der Waals surface area contributed by atoms with Crippen molar-refractivity contribution < 1.29 is 18.0 Å². The molecule has 0 N–H and O–H groups in total. The molecule has 10 heteroatoms. The molecule has 22 heavy (non-hydrogen) atoms. The first-order valence-corrected chi connectivity index (χ1v) is 6.79. The minimum absolute atomic E-state index is 0.0404. The van der Waals surface area contributed by atoms with Gasteiger partial charge in [0.05, 0.1) is 0 Å². The topological polar surface area (TPSA) is 67.2 Å². The molecule has 1 aliphatic heterocycles. The highest BCUT2D eigenvalue weighted by Gasteiger charge is 2.41. The molecule has 1 fully saturated rings. The number of alkyl halides is 3. The maximum Gasteiger partial charge on any atom is 0.406 e. The lowest BCUT2D eigenvalue weighted by Gasteiger charge is -2.20. The van der Waals surface area contributed by atoms with Gasteiger partial charge in [-0.15, -0.1) is 6.58 Å². The fraction of sp³-hybridized carbons (Fsp3) is 0.667. The summed E-state index contributed by atoms with van der Waals surface area (Å²) in [6, 6.07) is -0.793. The SMILES string of the molecule is C=CCCN(C)c1nnnn1C1CCN(CC(F)(F)F)C1=O. The number of aromatic nitrogens is 4. The standard InChI is InChI=1S/C12H17F3N6O/c1-3-4-6-19(2)11-16-17-18-21(11)9-5-7-20(10(9)22)8-12(13,14)15/h3,9H,1,4-8H2,2H3. The van der Waals surface area contributed by atoms with Gasteiger partial charge in [0.1, 0.15) is 12.6 Å². The highest BCUT2D eigenvalue weighted by atomic mass is 19.4. The average Bonchev–Trinajstić information content (AvgIpc) is 3.02. The van der Waals surface area contributed by atoms with Crippen molar-refractivity contribution in [1.29, 1.82) is 0 Å². The van der Waals surface area contributed by atoms with Crippen LogP contribution in [-0.4, -0.2) is 63.9 Å². The lowest BCUT2D eigenvalue weighted by molar-refractivity contribution is -0.158. The van der Waals surface area contributed by atoms with Gasteiger partial charge in [-0.1, -0.05) is 11.2 Å². The Morgan fingerprint density at radius 2 is 2.23 bits per heavy atom. The molecular formula is C12H17F3N6O. The second-order valence-corrected chi connectivity index (χ2v) is 5.10. The van der Waals surface area contributed by atoms with Crippen LogP contribution >= 0.6 is 0 Å². The smallest absolute Gasteiger partial charge is 0.342 e. The van der Waals surface area contributed by atoms with Crippen LogP contribution in [0.3, 0.4) is 0 Å². The molecule has 0 bridgehead atoms. The molecule has 1 aromatic rings. The molecule has 2 rings (SSSR count). The Balaban J connectivity index is 2.12. The number of hydrogen-bond donors (Lipinski definition) is 0. The first-order valence-electron chi connectivity index (χ1n) is 6.79. The molecule has 1 unspecified atom stereocenters. The summed E-state index contributed by atoms with van der Waals surface area (Å²) in [7, 11) is 1.75. The highest BCUT2D eigenvalue weighted by molar-refractivity contribution is 5.82. The van der Waals surface area contributed by atoms with E-state index in [0.29, 0.717) is 18.9 Å². The van der Waals surface area contributed by atoms with Gasteiger partial charge in [0.2, 0.25) is 11.9 Å². The Labute approximate surface area is 125 Å². The highest BCUT2D eigenvalue weighted by Crippen LogP contribution is 2.28. The molecule has 0 spiro atoms. The zero-order chi connectivity index (χ0) is 16.3. The van der Waals surface area contributed by atoms with Crippen LogP contribution in [0.5, 0.6) is 0 Å². The number of anilines is 1. The minimum Gasteiger partial charge on any atom is -0.342 e. The molecule has 0 radical (unpaired) electrons. The van der Waals surface area contributed by atoms with Gasteiger partial charge in [-0.05, 0) is 23.3 Å². The molecule has 1 amide bonds. The van der Waals surface area contributed by atoms with Gasteiger partial charge in [0.15, 0.2) is 0 Å². The van der Waals surface area contributed by atoms with E-state index in [-0.39, 0.29) is 13.0 Å². The van der Waals surface area contributed by atoms with E-state index in [0.717, 1.165) is 4.90 Å². The summed E-state index contributed by atoms with van der Waals surface area (Å²) < 4.78 is 38.6.